The summed E-state index contributed by atoms with van der Waals surface area (Å²) in [6.07, 6.45) is 1.75. The van der Waals surface area contributed by atoms with E-state index in [-0.39, 0.29) is 10.8 Å². The van der Waals surface area contributed by atoms with E-state index in [0.717, 1.165) is 0 Å². The van der Waals surface area contributed by atoms with Crippen LogP contribution >= 0.6 is 27.5 Å². The maximum Gasteiger partial charge on any atom is 0.320 e. The second kappa shape index (κ2) is 7.58. The second-order valence-corrected chi connectivity index (χ2v) is 3.37. The Morgan fingerprint density at radius 2 is 2.50 bits per heavy atom. The second-order valence-electron chi connectivity index (χ2n) is 2.01. The van der Waals surface area contributed by atoms with Gasteiger partial charge in [-0.15, -0.1) is 0 Å². The Labute approximate surface area is 85.2 Å². The molecule has 1 unspecified atom stereocenters. The van der Waals surface area contributed by atoms with Crippen LogP contribution in [0.5, 0.6) is 0 Å². The summed E-state index contributed by atoms with van der Waals surface area (Å²) in [5.74, 6) is -0.280. The van der Waals surface area contributed by atoms with Gasteiger partial charge in [-0.05, 0) is 0 Å². The van der Waals surface area contributed by atoms with Crippen molar-refractivity contribution in [3.63, 3.8) is 0 Å². The predicted molar refractivity (Wildman–Crippen MR) is 52.6 cm³/mol. The lowest BCUT2D eigenvalue weighted by atomic mass is 10.4. The van der Waals surface area contributed by atoms with Crippen LogP contribution in [0.3, 0.4) is 0 Å². The topological polar surface area (TPSA) is 38.3 Å². The average molecular weight is 257 g/mol. The molecule has 0 aromatic heterocycles. The van der Waals surface area contributed by atoms with E-state index in [0.29, 0.717) is 13.1 Å². The third-order valence-corrected chi connectivity index (χ3v) is 2.01. The summed E-state index contributed by atoms with van der Waals surface area (Å²) >= 11 is 8.44. The molecule has 0 saturated carbocycles. The van der Waals surface area contributed by atoms with Crippen LogP contribution in [-0.2, 0) is 9.53 Å². The fourth-order valence-electron chi connectivity index (χ4n) is 0.549. The molecule has 0 spiro atoms. The van der Waals surface area contributed by atoms with E-state index in [9.17, 15) is 4.79 Å². The van der Waals surface area contributed by atoms with E-state index >= 15 is 0 Å². The van der Waals surface area contributed by atoms with Crippen LogP contribution in [0.15, 0.2) is 11.6 Å². The Bertz CT molecular complexity index is 163. The summed E-state index contributed by atoms with van der Waals surface area (Å²) in [4.78, 5) is 10.5. The van der Waals surface area contributed by atoms with Crippen molar-refractivity contribution in [2.45, 2.75) is 4.83 Å². The minimum absolute atomic E-state index is 0.280. The fourth-order valence-corrected chi connectivity index (χ4v) is 1.05. The van der Waals surface area contributed by atoms with Crippen LogP contribution in [0.2, 0.25) is 0 Å². The third kappa shape index (κ3) is 5.57. The van der Waals surface area contributed by atoms with Crippen molar-refractivity contribution in [1.29, 1.82) is 0 Å². The quantitative estimate of drug-likeness (QED) is 0.457. The van der Waals surface area contributed by atoms with Gasteiger partial charge in [-0.3, -0.25) is 4.79 Å². The number of halogens is 2. The molecule has 5 heteroatoms. The molecule has 0 aromatic carbocycles. The zero-order valence-corrected chi connectivity index (χ0v) is 9.06. The maximum atomic E-state index is 10.8. The SMILES string of the molecule is COC(=O)C(Br)CNC/C=C/Cl. The third-order valence-electron chi connectivity index (χ3n) is 1.13. The average Bonchev–Trinajstić information content (AvgIpc) is 2.10. The number of esters is 1. The van der Waals surface area contributed by atoms with Crippen molar-refractivity contribution in [3.05, 3.63) is 11.6 Å². The minimum Gasteiger partial charge on any atom is -0.468 e. The number of ether oxygens (including phenoxy) is 1. The van der Waals surface area contributed by atoms with Crippen molar-refractivity contribution in [2.75, 3.05) is 20.2 Å². The molecule has 0 saturated heterocycles. The lowest BCUT2D eigenvalue weighted by Gasteiger charge is -2.06. The Kier molecular flexibility index (Phi) is 7.54. The highest BCUT2D eigenvalue weighted by Crippen LogP contribution is 1.99. The van der Waals surface area contributed by atoms with Crippen LogP contribution in [0.1, 0.15) is 0 Å². The van der Waals surface area contributed by atoms with Crippen LogP contribution in [0.4, 0.5) is 0 Å². The minimum atomic E-state index is -0.300. The van der Waals surface area contributed by atoms with Gasteiger partial charge < -0.3 is 10.1 Å². The van der Waals surface area contributed by atoms with Crippen LogP contribution in [0.25, 0.3) is 0 Å². The highest BCUT2D eigenvalue weighted by molar-refractivity contribution is 9.10. The molecular formula is C7H11BrClNO2. The van der Waals surface area contributed by atoms with Gasteiger partial charge in [0.1, 0.15) is 4.83 Å². The monoisotopic (exact) mass is 255 g/mol. The highest BCUT2D eigenvalue weighted by atomic mass is 79.9. The summed E-state index contributed by atoms with van der Waals surface area (Å²) in [6, 6.07) is 0. The molecule has 0 aliphatic heterocycles. The molecule has 3 nitrogen and oxygen atoms in total. The summed E-state index contributed by atoms with van der Waals surface area (Å²) in [6.45, 7) is 1.16. The van der Waals surface area contributed by atoms with Gasteiger partial charge in [-0.2, -0.15) is 0 Å². The van der Waals surface area contributed by atoms with E-state index in [1.807, 2.05) is 0 Å². The van der Waals surface area contributed by atoms with Crippen LogP contribution < -0.4 is 5.32 Å². The van der Waals surface area contributed by atoms with Gasteiger partial charge in [-0.1, -0.05) is 33.6 Å². The number of alkyl halides is 1. The first kappa shape index (κ1) is 11.9. The van der Waals surface area contributed by atoms with Crippen molar-refractivity contribution >= 4 is 33.5 Å². The van der Waals surface area contributed by atoms with Crippen molar-refractivity contribution in [3.8, 4) is 0 Å². The van der Waals surface area contributed by atoms with Crippen molar-refractivity contribution in [2.24, 2.45) is 0 Å². The molecule has 0 bridgehead atoms. The lowest BCUT2D eigenvalue weighted by molar-refractivity contribution is -0.139. The smallest absolute Gasteiger partial charge is 0.320 e. The predicted octanol–water partition coefficient (Wildman–Crippen LogP) is 1.26. The summed E-state index contributed by atoms with van der Waals surface area (Å²) in [5.41, 5.74) is 1.42. The van der Waals surface area contributed by atoms with Crippen molar-refractivity contribution in [1.82, 2.24) is 5.32 Å². The van der Waals surface area contributed by atoms with E-state index in [4.69, 9.17) is 11.6 Å². The standard InChI is InChI=1S/C7H11BrClNO2/c1-12-7(11)6(8)5-10-4-2-3-9/h2-3,6,10H,4-5H2,1H3/b3-2+. The normalized spacial score (nSPS) is 13.2. The zero-order valence-electron chi connectivity index (χ0n) is 6.72. The number of nitrogens with one attached hydrogen (secondary N) is 1. The molecule has 0 rings (SSSR count). The fraction of sp³-hybridized carbons (Fsp3) is 0.571. The highest BCUT2D eigenvalue weighted by Gasteiger charge is 2.13. The Morgan fingerprint density at radius 1 is 1.83 bits per heavy atom. The number of hydrogen-bond acceptors (Lipinski definition) is 3. The summed E-state index contributed by atoms with van der Waals surface area (Å²) < 4.78 is 4.50. The number of rotatable bonds is 5. The summed E-state index contributed by atoms with van der Waals surface area (Å²) in [5, 5.41) is 2.98. The number of carbonyl (C=O) groups excluding carboxylic acids is 1. The Balaban J connectivity index is 3.43. The zero-order chi connectivity index (χ0) is 9.40. The first-order valence-corrected chi connectivity index (χ1v) is 4.75. The molecule has 70 valence electrons. The van der Waals surface area contributed by atoms with Gasteiger partial charge >= 0.3 is 5.97 Å². The van der Waals surface area contributed by atoms with Crippen LogP contribution in [-0.4, -0.2) is 31.0 Å². The van der Waals surface area contributed by atoms with E-state index in [1.54, 1.807) is 6.08 Å². The molecule has 0 radical (unpaired) electrons. The van der Waals surface area contributed by atoms with E-state index in [1.165, 1.54) is 12.6 Å². The lowest BCUT2D eigenvalue weighted by Crippen LogP contribution is -2.29. The van der Waals surface area contributed by atoms with Gasteiger partial charge in [-0.25, -0.2) is 0 Å². The number of carbonyl (C=O) groups is 1. The largest absolute Gasteiger partial charge is 0.468 e. The molecule has 12 heavy (non-hydrogen) atoms. The molecule has 1 atom stereocenters. The molecular weight excluding hydrogens is 245 g/mol. The van der Waals surface area contributed by atoms with Gasteiger partial charge in [0, 0.05) is 18.6 Å². The molecule has 0 aliphatic rings. The number of hydrogen-bond donors (Lipinski definition) is 1. The molecule has 0 heterocycles. The molecule has 0 aliphatic carbocycles. The van der Waals surface area contributed by atoms with E-state index in [2.05, 4.69) is 26.0 Å². The molecule has 0 amide bonds. The summed E-state index contributed by atoms with van der Waals surface area (Å²) in [7, 11) is 1.36. The van der Waals surface area contributed by atoms with Gasteiger partial charge in [0.15, 0.2) is 0 Å². The van der Waals surface area contributed by atoms with Gasteiger partial charge in [0.05, 0.1) is 7.11 Å². The van der Waals surface area contributed by atoms with Gasteiger partial charge in [0.2, 0.25) is 0 Å². The molecule has 1 N–H and O–H groups in total. The Morgan fingerprint density at radius 3 is 3.00 bits per heavy atom. The van der Waals surface area contributed by atoms with Crippen LogP contribution in [0, 0.1) is 0 Å². The molecule has 0 aromatic rings. The first-order valence-electron chi connectivity index (χ1n) is 3.40. The van der Waals surface area contributed by atoms with E-state index < -0.39 is 0 Å². The van der Waals surface area contributed by atoms with Crippen molar-refractivity contribution < 1.29 is 9.53 Å². The van der Waals surface area contributed by atoms with Gasteiger partial charge in [0.25, 0.3) is 0 Å². The Hall–Kier alpha value is -0.0600. The number of methoxy groups -OCH3 is 1. The first-order chi connectivity index (χ1) is 5.72. The molecule has 0 fully saturated rings. The maximum absolute atomic E-state index is 10.8.